The second-order valence-corrected chi connectivity index (χ2v) is 9.63. The number of aromatic nitrogens is 2. The summed E-state index contributed by atoms with van der Waals surface area (Å²) in [5.41, 5.74) is 2.27. The number of benzene rings is 1. The van der Waals surface area contributed by atoms with Crippen molar-refractivity contribution < 1.29 is 18.4 Å². The first-order valence-corrected chi connectivity index (χ1v) is 12.4. The van der Waals surface area contributed by atoms with E-state index < -0.39 is 5.82 Å². The number of halogens is 1. The highest BCUT2D eigenvalue weighted by molar-refractivity contribution is 5.93. The third kappa shape index (κ3) is 6.02. The monoisotopic (exact) mass is 495 g/mol. The average molecular weight is 496 g/mol. The van der Waals surface area contributed by atoms with E-state index >= 15 is 0 Å². The molecule has 0 spiro atoms. The Kier molecular flexibility index (Phi) is 7.88. The molecule has 0 atom stereocenters. The predicted octanol–water partition coefficient (Wildman–Crippen LogP) is 4.08. The first-order chi connectivity index (χ1) is 17.2. The molecule has 0 aliphatic carbocycles. The maximum atomic E-state index is 14.3. The van der Waals surface area contributed by atoms with Crippen molar-refractivity contribution in [3.05, 3.63) is 71.2 Å². The first kappa shape index (κ1) is 25.6. The summed E-state index contributed by atoms with van der Waals surface area (Å²) < 4.78 is 21.9. The van der Waals surface area contributed by atoms with Crippen LogP contribution in [0.5, 0.6) is 0 Å². The van der Waals surface area contributed by atoms with Crippen LogP contribution in [0.2, 0.25) is 0 Å². The van der Waals surface area contributed by atoms with E-state index in [1.165, 1.54) is 19.1 Å². The molecule has 1 aliphatic rings. The molecule has 0 saturated heterocycles. The van der Waals surface area contributed by atoms with Crippen LogP contribution in [0.3, 0.4) is 0 Å². The van der Waals surface area contributed by atoms with Gasteiger partial charge in [0, 0.05) is 51.9 Å². The third-order valence-corrected chi connectivity index (χ3v) is 6.53. The van der Waals surface area contributed by atoms with Crippen LogP contribution >= 0.6 is 0 Å². The van der Waals surface area contributed by atoms with Gasteiger partial charge in [0.2, 0.25) is 5.91 Å². The number of furan rings is 1. The van der Waals surface area contributed by atoms with Crippen LogP contribution in [0.1, 0.15) is 54.6 Å². The Balaban J connectivity index is 1.64. The van der Waals surface area contributed by atoms with E-state index in [0.29, 0.717) is 37.6 Å². The van der Waals surface area contributed by atoms with Crippen molar-refractivity contribution in [1.29, 1.82) is 0 Å². The predicted molar refractivity (Wildman–Crippen MR) is 135 cm³/mol. The molecule has 4 rings (SSSR count). The molecule has 1 aliphatic heterocycles. The molecular formula is C27H34FN5O3. The van der Waals surface area contributed by atoms with E-state index in [0.717, 1.165) is 24.1 Å². The van der Waals surface area contributed by atoms with Gasteiger partial charge in [-0.2, -0.15) is 5.10 Å². The van der Waals surface area contributed by atoms with Crippen molar-refractivity contribution in [3.8, 4) is 0 Å². The van der Waals surface area contributed by atoms with Gasteiger partial charge in [-0.25, -0.2) is 4.39 Å². The number of hydrogen-bond acceptors (Lipinski definition) is 5. The van der Waals surface area contributed by atoms with Crippen molar-refractivity contribution in [2.75, 3.05) is 31.1 Å². The lowest BCUT2D eigenvalue weighted by Crippen LogP contribution is -2.41. The second kappa shape index (κ2) is 11.1. The first-order valence-electron chi connectivity index (χ1n) is 12.4. The lowest BCUT2D eigenvalue weighted by atomic mass is 10.1. The van der Waals surface area contributed by atoms with E-state index in [9.17, 15) is 14.0 Å². The van der Waals surface area contributed by atoms with Gasteiger partial charge in [-0.05, 0) is 62.6 Å². The van der Waals surface area contributed by atoms with Gasteiger partial charge >= 0.3 is 0 Å². The minimum absolute atomic E-state index is 0.153. The Morgan fingerprint density at radius 2 is 1.92 bits per heavy atom. The van der Waals surface area contributed by atoms with Crippen molar-refractivity contribution in [2.24, 2.45) is 0 Å². The van der Waals surface area contributed by atoms with Crippen LogP contribution < -0.4 is 4.90 Å². The summed E-state index contributed by atoms with van der Waals surface area (Å²) in [7, 11) is 0. The zero-order valence-corrected chi connectivity index (χ0v) is 21.4. The fraction of sp³-hybridized carbons (Fsp3) is 0.444. The molecular weight excluding hydrogens is 461 g/mol. The molecule has 36 heavy (non-hydrogen) atoms. The number of amides is 2. The molecule has 0 saturated carbocycles. The number of aryl methyl sites for hydroxylation is 1. The van der Waals surface area contributed by atoms with Crippen molar-refractivity contribution in [1.82, 2.24) is 19.6 Å². The van der Waals surface area contributed by atoms with E-state index in [2.05, 4.69) is 23.8 Å². The molecule has 8 nitrogen and oxygen atoms in total. The molecule has 1 aromatic carbocycles. The maximum Gasteiger partial charge on any atom is 0.289 e. The summed E-state index contributed by atoms with van der Waals surface area (Å²) in [6.07, 6.45) is 4.43. The highest BCUT2D eigenvalue weighted by atomic mass is 19.1. The standard InChI is InChI=1S/C27H34FN5O3/c1-19(2)30-10-5-11-33(21(4)34)25-14-23(28)7-6-22(25)17-31(13-12-30)27(35)26-9-8-24(36-26)18-32-16-20(3)15-29-32/h6-9,14-16,19H,5,10-13,17-18H2,1-4H3. The van der Waals surface area contributed by atoms with Crippen LogP contribution in [0.15, 0.2) is 47.1 Å². The topological polar surface area (TPSA) is 74.8 Å². The summed E-state index contributed by atoms with van der Waals surface area (Å²) in [5.74, 6) is 0.0616. The minimum Gasteiger partial charge on any atom is -0.454 e. The molecule has 0 bridgehead atoms. The number of hydrogen-bond donors (Lipinski definition) is 0. The molecule has 3 aromatic rings. The summed E-state index contributed by atoms with van der Waals surface area (Å²) in [6.45, 7) is 10.8. The van der Waals surface area contributed by atoms with Gasteiger partial charge in [0.25, 0.3) is 5.91 Å². The Morgan fingerprint density at radius 1 is 1.11 bits per heavy atom. The SMILES string of the molecule is CC(=O)N1CCCN(C(C)C)CCN(C(=O)c2ccc(Cn3cc(C)cn3)o2)Cc2ccc(F)cc21. The lowest BCUT2D eigenvalue weighted by Gasteiger charge is -2.29. The fourth-order valence-corrected chi connectivity index (χ4v) is 4.58. The Labute approximate surface area is 211 Å². The van der Waals surface area contributed by atoms with E-state index in [-0.39, 0.29) is 30.2 Å². The van der Waals surface area contributed by atoms with E-state index in [1.54, 1.807) is 38.9 Å². The van der Waals surface area contributed by atoms with Gasteiger partial charge in [-0.15, -0.1) is 0 Å². The third-order valence-electron chi connectivity index (χ3n) is 6.53. The average Bonchev–Trinajstić information content (AvgIpc) is 3.45. The number of carbonyl (C=O) groups is 2. The van der Waals surface area contributed by atoms with Gasteiger partial charge in [-0.3, -0.25) is 19.2 Å². The number of rotatable bonds is 4. The Bertz CT molecular complexity index is 1220. The highest BCUT2D eigenvalue weighted by Crippen LogP contribution is 2.26. The maximum absolute atomic E-state index is 14.3. The second-order valence-electron chi connectivity index (χ2n) is 9.63. The fourth-order valence-electron chi connectivity index (χ4n) is 4.58. The molecule has 192 valence electrons. The molecule has 2 aromatic heterocycles. The van der Waals surface area contributed by atoms with Crippen LogP contribution in [-0.4, -0.2) is 63.6 Å². The van der Waals surface area contributed by atoms with Gasteiger partial charge < -0.3 is 14.2 Å². The van der Waals surface area contributed by atoms with Crippen LogP contribution in [0.25, 0.3) is 0 Å². The largest absolute Gasteiger partial charge is 0.454 e. The number of nitrogens with zero attached hydrogens (tertiary/aromatic N) is 5. The summed E-state index contributed by atoms with van der Waals surface area (Å²) >= 11 is 0. The Hall–Kier alpha value is -3.46. The molecule has 0 N–H and O–H groups in total. The number of anilines is 1. The summed E-state index contributed by atoms with van der Waals surface area (Å²) in [6, 6.07) is 8.17. The quantitative estimate of drug-likeness (QED) is 0.545. The number of carbonyl (C=O) groups excluding carboxylic acids is 2. The zero-order valence-electron chi connectivity index (χ0n) is 21.4. The Morgan fingerprint density at radius 3 is 2.61 bits per heavy atom. The zero-order chi connectivity index (χ0) is 25.8. The van der Waals surface area contributed by atoms with Crippen LogP contribution in [0, 0.1) is 12.7 Å². The number of fused-ring (bicyclic) bond motifs is 1. The van der Waals surface area contributed by atoms with Crippen molar-refractivity contribution >= 4 is 17.5 Å². The van der Waals surface area contributed by atoms with Gasteiger partial charge in [0.15, 0.2) is 5.76 Å². The van der Waals surface area contributed by atoms with E-state index in [1.807, 2.05) is 13.1 Å². The van der Waals surface area contributed by atoms with Gasteiger partial charge in [0.05, 0.1) is 18.4 Å². The van der Waals surface area contributed by atoms with Crippen LogP contribution in [0.4, 0.5) is 10.1 Å². The minimum atomic E-state index is -0.416. The van der Waals surface area contributed by atoms with Crippen molar-refractivity contribution in [3.63, 3.8) is 0 Å². The lowest BCUT2D eigenvalue weighted by molar-refractivity contribution is -0.116. The van der Waals surface area contributed by atoms with Gasteiger partial charge in [-0.1, -0.05) is 6.07 Å². The molecule has 9 heteroatoms. The normalized spacial score (nSPS) is 15.6. The molecule has 0 radical (unpaired) electrons. The van der Waals surface area contributed by atoms with E-state index in [4.69, 9.17) is 4.42 Å². The smallest absolute Gasteiger partial charge is 0.289 e. The molecule has 0 unspecified atom stereocenters. The van der Waals surface area contributed by atoms with Crippen LogP contribution in [-0.2, 0) is 17.9 Å². The molecule has 3 heterocycles. The summed E-state index contributed by atoms with van der Waals surface area (Å²) in [5, 5.41) is 4.28. The van der Waals surface area contributed by atoms with Gasteiger partial charge in [0.1, 0.15) is 11.6 Å². The summed E-state index contributed by atoms with van der Waals surface area (Å²) in [4.78, 5) is 31.8. The highest BCUT2D eigenvalue weighted by Gasteiger charge is 2.25. The molecule has 0 fully saturated rings. The molecule has 2 amide bonds. The van der Waals surface area contributed by atoms with Crippen molar-refractivity contribution in [2.45, 2.75) is 53.2 Å².